The molecule has 0 fully saturated rings. The van der Waals surface area contributed by atoms with E-state index in [-0.39, 0.29) is 5.25 Å². The highest BCUT2D eigenvalue weighted by molar-refractivity contribution is 7.99. The number of thioether (sulfide) groups is 1. The molecule has 90 valence electrons. The van der Waals surface area contributed by atoms with Crippen molar-refractivity contribution in [3.05, 3.63) is 18.2 Å². The fourth-order valence-electron chi connectivity index (χ4n) is 1.46. The van der Waals surface area contributed by atoms with E-state index in [9.17, 15) is 4.79 Å². The highest BCUT2D eigenvalue weighted by Gasteiger charge is 2.16. The Kier molecular flexibility index (Phi) is 5.38. The summed E-state index contributed by atoms with van der Waals surface area (Å²) in [5.74, 6) is -0.0146. The summed E-state index contributed by atoms with van der Waals surface area (Å²) in [6.45, 7) is 4.96. The van der Waals surface area contributed by atoms with Gasteiger partial charge in [0, 0.05) is 24.2 Å². The van der Waals surface area contributed by atoms with Gasteiger partial charge >= 0.3 is 5.97 Å². The summed E-state index contributed by atoms with van der Waals surface area (Å²) in [7, 11) is 0. The second kappa shape index (κ2) is 6.58. The Morgan fingerprint density at radius 2 is 2.38 bits per heavy atom. The quantitative estimate of drug-likeness (QED) is 0.797. The highest BCUT2D eigenvalue weighted by Crippen LogP contribution is 2.20. The lowest BCUT2D eigenvalue weighted by molar-refractivity contribution is -0.136. The van der Waals surface area contributed by atoms with Crippen molar-refractivity contribution in [2.24, 2.45) is 0 Å². The molecular weight excluding hydrogens is 224 g/mol. The Morgan fingerprint density at radius 1 is 1.62 bits per heavy atom. The molecule has 0 aliphatic heterocycles. The van der Waals surface area contributed by atoms with Gasteiger partial charge in [-0.25, -0.2) is 4.98 Å². The minimum absolute atomic E-state index is 0.315. The number of imidazole rings is 1. The fraction of sp³-hybridized carbons (Fsp3) is 0.636. The number of carboxylic acids is 1. The van der Waals surface area contributed by atoms with Crippen LogP contribution >= 0.6 is 11.8 Å². The number of hydrogen-bond acceptors (Lipinski definition) is 3. The normalized spacial score (nSPS) is 12.6. The number of hydrogen-bond donors (Lipinski definition) is 1. The third-order valence-electron chi connectivity index (χ3n) is 2.34. The number of aryl methyl sites for hydroxylation is 1. The molecule has 0 amide bonds. The van der Waals surface area contributed by atoms with Gasteiger partial charge in [-0.2, -0.15) is 0 Å². The van der Waals surface area contributed by atoms with Crippen LogP contribution in [0.25, 0.3) is 0 Å². The van der Waals surface area contributed by atoms with Gasteiger partial charge in [-0.15, -0.1) is 11.8 Å². The van der Waals surface area contributed by atoms with Gasteiger partial charge in [0.25, 0.3) is 0 Å². The Morgan fingerprint density at radius 3 is 2.94 bits per heavy atom. The van der Waals surface area contributed by atoms with E-state index >= 15 is 0 Å². The first-order chi connectivity index (χ1) is 7.69. The molecule has 0 saturated heterocycles. The first kappa shape index (κ1) is 13.1. The molecule has 1 heterocycles. The molecule has 4 nitrogen and oxygen atoms in total. The van der Waals surface area contributed by atoms with Crippen molar-refractivity contribution in [1.29, 1.82) is 0 Å². The number of carbonyl (C=O) groups is 1. The van der Waals surface area contributed by atoms with Gasteiger partial charge in [0.05, 0.1) is 6.33 Å². The zero-order valence-corrected chi connectivity index (χ0v) is 10.5. The average Bonchev–Trinajstić information content (AvgIpc) is 2.67. The lowest BCUT2D eigenvalue weighted by atomic mass is 10.3. The first-order valence-electron chi connectivity index (χ1n) is 5.52. The van der Waals surface area contributed by atoms with Crippen LogP contribution in [0.5, 0.6) is 0 Å². The lowest BCUT2D eigenvalue weighted by Crippen LogP contribution is -2.15. The van der Waals surface area contributed by atoms with Crippen LogP contribution in [0, 0.1) is 0 Å². The Labute approximate surface area is 100 Å². The van der Waals surface area contributed by atoms with Gasteiger partial charge in [-0.1, -0.05) is 13.8 Å². The van der Waals surface area contributed by atoms with Crippen LogP contribution < -0.4 is 0 Å². The summed E-state index contributed by atoms with van der Waals surface area (Å²) in [5.41, 5.74) is 1.10. The Bertz CT molecular complexity index is 338. The van der Waals surface area contributed by atoms with Crippen molar-refractivity contribution in [2.45, 2.75) is 44.2 Å². The van der Waals surface area contributed by atoms with Crippen LogP contribution in [-0.4, -0.2) is 25.9 Å². The minimum Gasteiger partial charge on any atom is -0.480 e. The van der Waals surface area contributed by atoms with E-state index in [0.29, 0.717) is 12.2 Å². The van der Waals surface area contributed by atoms with Gasteiger partial charge in [0.2, 0.25) is 0 Å². The van der Waals surface area contributed by atoms with Crippen LogP contribution in [0.4, 0.5) is 0 Å². The molecule has 1 N–H and O–H groups in total. The smallest absolute Gasteiger partial charge is 0.316 e. The predicted octanol–water partition coefficient (Wildman–Crippen LogP) is 2.39. The van der Waals surface area contributed by atoms with Crippen molar-refractivity contribution in [2.75, 3.05) is 0 Å². The molecule has 16 heavy (non-hydrogen) atoms. The zero-order chi connectivity index (χ0) is 12.0. The molecule has 0 radical (unpaired) electrons. The zero-order valence-electron chi connectivity index (χ0n) is 9.72. The van der Waals surface area contributed by atoms with Gasteiger partial charge in [-0.3, -0.25) is 4.79 Å². The molecule has 1 rings (SSSR count). The summed E-state index contributed by atoms with van der Waals surface area (Å²) in [4.78, 5) is 14.9. The third kappa shape index (κ3) is 3.56. The maximum absolute atomic E-state index is 10.9. The second-order valence-corrected chi connectivity index (χ2v) is 4.82. The number of nitrogens with zero attached hydrogens (tertiary/aromatic N) is 2. The molecule has 1 atom stereocenters. The van der Waals surface area contributed by atoms with E-state index in [1.165, 1.54) is 11.8 Å². The summed E-state index contributed by atoms with van der Waals surface area (Å²) >= 11 is 1.47. The molecule has 0 bridgehead atoms. The molecule has 1 unspecified atom stereocenters. The van der Waals surface area contributed by atoms with Crippen molar-refractivity contribution in [3.63, 3.8) is 0 Å². The molecule has 5 heteroatoms. The molecule has 0 spiro atoms. The summed E-state index contributed by atoms with van der Waals surface area (Å²) in [6, 6.07) is 0. The monoisotopic (exact) mass is 242 g/mol. The van der Waals surface area contributed by atoms with Crippen LogP contribution in [0.1, 0.15) is 32.4 Å². The maximum Gasteiger partial charge on any atom is 0.316 e. The van der Waals surface area contributed by atoms with E-state index < -0.39 is 5.97 Å². The van der Waals surface area contributed by atoms with Crippen LogP contribution in [0.2, 0.25) is 0 Å². The minimum atomic E-state index is -0.728. The molecule has 0 aliphatic rings. The number of aromatic nitrogens is 2. The van der Waals surface area contributed by atoms with E-state index in [1.54, 1.807) is 6.33 Å². The Hall–Kier alpha value is -0.970. The molecular formula is C11H18N2O2S. The van der Waals surface area contributed by atoms with E-state index in [2.05, 4.69) is 16.5 Å². The summed E-state index contributed by atoms with van der Waals surface area (Å²) < 4.78 is 2.08. The topological polar surface area (TPSA) is 55.1 Å². The summed E-state index contributed by atoms with van der Waals surface area (Å²) in [5, 5.41) is 8.62. The second-order valence-electron chi connectivity index (χ2n) is 3.62. The van der Waals surface area contributed by atoms with Gasteiger partial charge < -0.3 is 9.67 Å². The summed E-state index contributed by atoms with van der Waals surface area (Å²) in [6.07, 6.45) is 5.34. The predicted molar refractivity (Wildman–Crippen MR) is 65.5 cm³/mol. The SMILES string of the molecule is CCCn1cncc1CSC(CC)C(=O)O. The Balaban J connectivity index is 2.52. The van der Waals surface area contributed by atoms with E-state index in [0.717, 1.165) is 18.7 Å². The van der Waals surface area contributed by atoms with Crippen LogP contribution in [-0.2, 0) is 17.1 Å². The molecule has 1 aromatic rings. The van der Waals surface area contributed by atoms with E-state index in [4.69, 9.17) is 5.11 Å². The highest BCUT2D eigenvalue weighted by atomic mass is 32.2. The van der Waals surface area contributed by atoms with Crippen molar-refractivity contribution in [1.82, 2.24) is 9.55 Å². The fourth-order valence-corrected chi connectivity index (χ4v) is 2.45. The standard InChI is InChI=1S/C11H18N2O2S/c1-3-5-13-8-12-6-9(13)7-16-10(4-2)11(14)15/h6,8,10H,3-5,7H2,1-2H3,(H,14,15). The van der Waals surface area contributed by atoms with Gasteiger partial charge in [0.15, 0.2) is 0 Å². The van der Waals surface area contributed by atoms with Crippen molar-refractivity contribution in [3.8, 4) is 0 Å². The number of carboxylic acid groups (broad SMARTS) is 1. The molecule has 0 aliphatic carbocycles. The van der Waals surface area contributed by atoms with Gasteiger partial charge in [-0.05, 0) is 12.8 Å². The lowest BCUT2D eigenvalue weighted by Gasteiger charge is -2.10. The van der Waals surface area contributed by atoms with Crippen molar-refractivity contribution >= 4 is 17.7 Å². The van der Waals surface area contributed by atoms with Gasteiger partial charge in [0.1, 0.15) is 5.25 Å². The first-order valence-corrected chi connectivity index (χ1v) is 6.57. The number of rotatable bonds is 7. The molecule has 0 saturated carbocycles. The van der Waals surface area contributed by atoms with Crippen LogP contribution in [0.15, 0.2) is 12.5 Å². The molecule has 1 aromatic heterocycles. The number of aliphatic carboxylic acids is 1. The average molecular weight is 242 g/mol. The largest absolute Gasteiger partial charge is 0.480 e. The van der Waals surface area contributed by atoms with E-state index in [1.807, 2.05) is 13.1 Å². The molecule has 0 aromatic carbocycles. The maximum atomic E-state index is 10.9. The third-order valence-corrected chi connectivity index (χ3v) is 3.74. The van der Waals surface area contributed by atoms with Crippen LogP contribution in [0.3, 0.4) is 0 Å². The van der Waals surface area contributed by atoms with Crippen molar-refractivity contribution < 1.29 is 9.90 Å².